The first-order valence-corrected chi connectivity index (χ1v) is 8.16. The molecule has 6 heteroatoms. The lowest BCUT2D eigenvalue weighted by Gasteiger charge is -2.16. The molecule has 0 bridgehead atoms. The normalized spacial score (nSPS) is 12.4. The van der Waals surface area contributed by atoms with Gasteiger partial charge in [-0.3, -0.25) is 10.0 Å². The van der Waals surface area contributed by atoms with E-state index in [0.717, 1.165) is 17.7 Å². The molecular formula is C21H16F3NO2. The Hall–Kier alpha value is -3.12. The highest BCUT2D eigenvalue weighted by Crippen LogP contribution is 2.32. The van der Waals surface area contributed by atoms with Gasteiger partial charge in [-0.05, 0) is 34.4 Å². The van der Waals surface area contributed by atoms with Crippen LogP contribution in [0.5, 0.6) is 0 Å². The Labute approximate surface area is 154 Å². The first-order valence-electron chi connectivity index (χ1n) is 8.16. The van der Waals surface area contributed by atoms with Gasteiger partial charge >= 0.3 is 6.18 Å². The molecule has 0 spiro atoms. The average molecular weight is 371 g/mol. The van der Waals surface area contributed by atoms with Crippen molar-refractivity contribution in [3.63, 3.8) is 0 Å². The zero-order chi connectivity index (χ0) is 19.4. The molecule has 1 atom stereocenters. The van der Waals surface area contributed by atoms with E-state index in [2.05, 4.69) is 0 Å². The summed E-state index contributed by atoms with van der Waals surface area (Å²) in [4.78, 5) is 12.1. The maximum atomic E-state index is 12.7. The summed E-state index contributed by atoms with van der Waals surface area (Å²) in [6.45, 7) is 0. The Morgan fingerprint density at radius 3 is 1.74 bits per heavy atom. The molecule has 0 heterocycles. The standard InChI is InChI=1S/C21H16F3NO2/c22-21(23,24)18-12-10-15(11-13-18)14-6-8-17(9-7-14)19(20(26)25-27)16-4-2-1-3-5-16/h1-13,19,27H,(H,25,26). The van der Waals surface area contributed by atoms with Gasteiger partial charge in [-0.25, -0.2) is 5.48 Å². The monoisotopic (exact) mass is 371 g/mol. The largest absolute Gasteiger partial charge is 0.416 e. The summed E-state index contributed by atoms with van der Waals surface area (Å²) in [5.41, 5.74) is 3.71. The quantitative estimate of drug-likeness (QED) is 0.500. The van der Waals surface area contributed by atoms with Gasteiger partial charge in [-0.1, -0.05) is 66.7 Å². The molecule has 138 valence electrons. The van der Waals surface area contributed by atoms with E-state index in [9.17, 15) is 18.0 Å². The smallest absolute Gasteiger partial charge is 0.289 e. The minimum atomic E-state index is -4.37. The van der Waals surface area contributed by atoms with Crippen LogP contribution in [0, 0.1) is 0 Å². The molecule has 0 aliphatic heterocycles. The van der Waals surface area contributed by atoms with Crippen molar-refractivity contribution >= 4 is 5.91 Å². The van der Waals surface area contributed by atoms with Crippen molar-refractivity contribution in [2.75, 3.05) is 0 Å². The van der Waals surface area contributed by atoms with Gasteiger partial charge in [0.25, 0.3) is 5.91 Å². The minimum Gasteiger partial charge on any atom is -0.289 e. The number of hydrogen-bond acceptors (Lipinski definition) is 2. The third-order valence-corrected chi connectivity index (χ3v) is 4.29. The summed E-state index contributed by atoms with van der Waals surface area (Å²) >= 11 is 0. The summed E-state index contributed by atoms with van der Waals surface area (Å²) in [6, 6.07) is 20.8. The summed E-state index contributed by atoms with van der Waals surface area (Å²) in [6.07, 6.45) is -4.37. The van der Waals surface area contributed by atoms with Crippen LogP contribution in [0.25, 0.3) is 11.1 Å². The molecule has 0 radical (unpaired) electrons. The van der Waals surface area contributed by atoms with E-state index in [-0.39, 0.29) is 0 Å². The summed E-state index contributed by atoms with van der Waals surface area (Å²) in [5.74, 6) is -1.26. The fourth-order valence-corrected chi connectivity index (χ4v) is 2.92. The van der Waals surface area contributed by atoms with E-state index in [1.165, 1.54) is 12.1 Å². The Balaban J connectivity index is 1.90. The van der Waals surface area contributed by atoms with Crippen molar-refractivity contribution in [1.29, 1.82) is 0 Å². The molecule has 3 aromatic carbocycles. The van der Waals surface area contributed by atoms with Gasteiger partial charge in [0.05, 0.1) is 11.5 Å². The van der Waals surface area contributed by atoms with Crippen LogP contribution in [0.1, 0.15) is 22.6 Å². The van der Waals surface area contributed by atoms with Crippen molar-refractivity contribution in [3.8, 4) is 11.1 Å². The van der Waals surface area contributed by atoms with Gasteiger partial charge in [-0.2, -0.15) is 13.2 Å². The topological polar surface area (TPSA) is 49.3 Å². The van der Waals surface area contributed by atoms with Crippen LogP contribution >= 0.6 is 0 Å². The second-order valence-corrected chi connectivity index (χ2v) is 6.02. The highest BCUT2D eigenvalue weighted by Gasteiger charge is 2.30. The number of rotatable bonds is 4. The lowest BCUT2D eigenvalue weighted by atomic mass is 9.89. The Morgan fingerprint density at radius 1 is 0.778 bits per heavy atom. The molecule has 3 nitrogen and oxygen atoms in total. The van der Waals surface area contributed by atoms with E-state index >= 15 is 0 Å². The molecule has 1 unspecified atom stereocenters. The van der Waals surface area contributed by atoms with Crippen LogP contribution in [0.2, 0.25) is 0 Å². The molecule has 0 aromatic heterocycles. The summed E-state index contributed by atoms with van der Waals surface area (Å²) in [5, 5.41) is 9.06. The Bertz CT molecular complexity index is 905. The van der Waals surface area contributed by atoms with Crippen LogP contribution in [0.3, 0.4) is 0 Å². The molecule has 0 saturated heterocycles. The molecule has 0 aliphatic rings. The second-order valence-electron chi connectivity index (χ2n) is 6.02. The van der Waals surface area contributed by atoms with Gasteiger partial charge in [0.2, 0.25) is 0 Å². The highest BCUT2D eigenvalue weighted by molar-refractivity contribution is 5.86. The van der Waals surface area contributed by atoms with E-state index in [1.54, 1.807) is 54.0 Å². The zero-order valence-electron chi connectivity index (χ0n) is 14.1. The highest BCUT2D eigenvalue weighted by atomic mass is 19.4. The van der Waals surface area contributed by atoms with Crippen LogP contribution in [-0.4, -0.2) is 11.1 Å². The van der Waals surface area contributed by atoms with E-state index in [1.807, 2.05) is 6.07 Å². The van der Waals surface area contributed by atoms with Crippen LogP contribution in [0.15, 0.2) is 78.9 Å². The first kappa shape index (κ1) is 18.7. The van der Waals surface area contributed by atoms with E-state index in [4.69, 9.17) is 5.21 Å². The number of carbonyl (C=O) groups excluding carboxylic acids is 1. The SMILES string of the molecule is O=C(NO)C(c1ccccc1)c1ccc(-c2ccc(C(F)(F)F)cc2)cc1. The zero-order valence-corrected chi connectivity index (χ0v) is 14.1. The number of nitrogens with one attached hydrogen (secondary N) is 1. The van der Waals surface area contributed by atoms with Gasteiger partial charge in [0, 0.05) is 0 Å². The second kappa shape index (κ2) is 7.63. The summed E-state index contributed by atoms with van der Waals surface area (Å²) < 4.78 is 38.0. The number of hydroxylamine groups is 1. The fraction of sp³-hybridized carbons (Fsp3) is 0.0952. The number of carbonyl (C=O) groups is 1. The predicted octanol–water partition coefficient (Wildman–Crippen LogP) is 5.01. The van der Waals surface area contributed by atoms with Gasteiger partial charge < -0.3 is 0 Å². The van der Waals surface area contributed by atoms with Crippen LogP contribution < -0.4 is 5.48 Å². The number of amides is 1. The first-order chi connectivity index (χ1) is 12.9. The molecule has 1 amide bonds. The van der Waals surface area contributed by atoms with Crippen molar-refractivity contribution in [2.24, 2.45) is 0 Å². The molecule has 27 heavy (non-hydrogen) atoms. The predicted molar refractivity (Wildman–Crippen MR) is 95.1 cm³/mol. The van der Waals surface area contributed by atoms with E-state index < -0.39 is 23.6 Å². The Morgan fingerprint density at radius 2 is 1.26 bits per heavy atom. The van der Waals surface area contributed by atoms with Gasteiger partial charge in [0.15, 0.2) is 0 Å². The number of halogens is 3. The van der Waals surface area contributed by atoms with Crippen molar-refractivity contribution in [2.45, 2.75) is 12.1 Å². The molecule has 0 saturated carbocycles. The number of hydrogen-bond donors (Lipinski definition) is 2. The molecule has 3 rings (SSSR count). The molecular weight excluding hydrogens is 355 g/mol. The summed E-state index contributed by atoms with van der Waals surface area (Å²) in [7, 11) is 0. The van der Waals surface area contributed by atoms with Crippen molar-refractivity contribution in [1.82, 2.24) is 5.48 Å². The lowest BCUT2D eigenvalue weighted by Crippen LogP contribution is -2.27. The third-order valence-electron chi connectivity index (χ3n) is 4.29. The van der Waals surface area contributed by atoms with Crippen molar-refractivity contribution in [3.05, 3.63) is 95.6 Å². The van der Waals surface area contributed by atoms with Crippen LogP contribution in [0.4, 0.5) is 13.2 Å². The van der Waals surface area contributed by atoms with Crippen molar-refractivity contribution < 1.29 is 23.2 Å². The molecule has 0 aliphatic carbocycles. The molecule has 0 fully saturated rings. The molecule has 3 aromatic rings. The van der Waals surface area contributed by atoms with Gasteiger partial charge in [-0.15, -0.1) is 0 Å². The average Bonchev–Trinajstić information content (AvgIpc) is 2.69. The number of alkyl halides is 3. The fourth-order valence-electron chi connectivity index (χ4n) is 2.92. The van der Waals surface area contributed by atoms with E-state index in [0.29, 0.717) is 16.7 Å². The lowest BCUT2D eigenvalue weighted by molar-refractivity contribution is -0.137. The molecule has 2 N–H and O–H groups in total. The van der Waals surface area contributed by atoms with Crippen LogP contribution in [-0.2, 0) is 11.0 Å². The van der Waals surface area contributed by atoms with Gasteiger partial charge in [0.1, 0.15) is 0 Å². The maximum Gasteiger partial charge on any atom is 0.416 e. The minimum absolute atomic E-state index is 0.566. The third kappa shape index (κ3) is 4.17. The Kier molecular flexibility index (Phi) is 5.28. The number of benzene rings is 3. The maximum absolute atomic E-state index is 12.7.